The number of esters is 1. The Labute approximate surface area is 81.9 Å². The molecule has 1 aromatic rings. The van der Waals surface area contributed by atoms with Crippen LogP contribution >= 0.6 is 0 Å². The summed E-state index contributed by atoms with van der Waals surface area (Å²) in [5, 5.41) is 9.65. The highest BCUT2D eigenvalue weighted by atomic mass is 16.5. The minimum Gasteiger partial charge on any atom is -0.466 e. The quantitative estimate of drug-likeness (QED) is 0.571. The van der Waals surface area contributed by atoms with Crippen LogP contribution in [0.3, 0.4) is 0 Å². The molecule has 0 radical (unpaired) electrons. The lowest BCUT2D eigenvalue weighted by atomic mass is 10.1. The van der Waals surface area contributed by atoms with Crippen molar-refractivity contribution in [3.05, 3.63) is 42.2 Å². The molecule has 0 bridgehead atoms. The van der Waals surface area contributed by atoms with Gasteiger partial charge in [0.25, 0.3) is 0 Å². The first-order chi connectivity index (χ1) is 6.66. The number of nitrogens with zero attached hydrogens (tertiary/aromatic N) is 1. The van der Waals surface area contributed by atoms with E-state index >= 15 is 0 Å². The second kappa shape index (κ2) is 4.53. The van der Waals surface area contributed by atoms with Gasteiger partial charge in [0.05, 0.1) is 12.7 Å². The monoisotopic (exact) mass is 193 g/mol. The van der Waals surface area contributed by atoms with Crippen molar-refractivity contribution in [2.45, 2.75) is 6.10 Å². The zero-order chi connectivity index (χ0) is 10.6. The van der Waals surface area contributed by atoms with Gasteiger partial charge in [-0.2, -0.15) is 0 Å². The molecular weight excluding hydrogens is 182 g/mol. The van der Waals surface area contributed by atoms with Crippen LogP contribution < -0.4 is 0 Å². The predicted octanol–water partition coefficient (Wildman–Crippen LogP) is 0.844. The maximum absolute atomic E-state index is 11.0. The zero-order valence-electron chi connectivity index (χ0n) is 7.80. The minimum absolute atomic E-state index is 0.000463. The third kappa shape index (κ3) is 2.17. The van der Waals surface area contributed by atoms with Gasteiger partial charge >= 0.3 is 5.97 Å². The van der Waals surface area contributed by atoms with Gasteiger partial charge in [0.15, 0.2) is 0 Å². The number of aromatic nitrogens is 1. The van der Waals surface area contributed by atoms with Crippen LogP contribution in [0.1, 0.15) is 11.7 Å². The topological polar surface area (TPSA) is 59.4 Å². The Bertz CT molecular complexity index is 334. The van der Waals surface area contributed by atoms with Gasteiger partial charge in [0.1, 0.15) is 6.10 Å². The molecule has 74 valence electrons. The van der Waals surface area contributed by atoms with E-state index in [1.807, 2.05) is 0 Å². The first kappa shape index (κ1) is 10.4. The molecular formula is C10H11NO3. The molecule has 0 aliphatic carbocycles. The molecule has 0 aromatic carbocycles. The lowest BCUT2D eigenvalue weighted by Crippen LogP contribution is -2.12. The Morgan fingerprint density at radius 2 is 2.43 bits per heavy atom. The highest BCUT2D eigenvalue weighted by Gasteiger charge is 2.18. The van der Waals surface area contributed by atoms with Crippen LogP contribution in [0.4, 0.5) is 0 Å². The lowest BCUT2D eigenvalue weighted by molar-refractivity contribution is -0.137. The summed E-state index contributed by atoms with van der Waals surface area (Å²) in [5.41, 5.74) is 0.517. The van der Waals surface area contributed by atoms with Crippen molar-refractivity contribution in [1.29, 1.82) is 0 Å². The molecule has 0 aliphatic heterocycles. The molecule has 1 rings (SSSR count). The van der Waals surface area contributed by atoms with Crippen LogP contribution in [0.15, 0.2) is 36.7 Å². The second-order valence-electron chi connectivity index (χ2n) is 2.71. The summed E-state index contributed by atoms with van der Waals surface area (Å²) in [6.07, 6.45) is 1.99. The van der Waals surface area contributed by atoms with E-state index in [4.69, 9.17) is 0 Å². The molecule has 0 aliphatic rings. The third-order valence-corrected chi connectivity index (χ3v) is 1.78. The number of rotatable bonds is 3. The van der Waals surface area contributed by atoms with Crippen LogP contribution in [0.5, 0.6) is 0 Å². The van der Waals surface area contributed by atoms with E-state index in [-0.39, 0.29) is 5.57 Å². The summed E-state index contributed by atoms with van der Waals surface area (Å²) >= 11 is 0. The molecule has 0 fully saturated rings. The standard InChI is InChI=1S/C10H11NO3/c1-7(10(13)14-2)9(12)8-4-3-5-11-6-8/h3-6,9,12H,1H2,2H3/t9-/m0/s1. The van der Waals surface area contributed by atoms with E-state index in [0.717, 1.165) is 0 Å². The average molecular weight is 193 g/mol. The fraction of sp³-hybridized carbons (Fsp3) is 0.200. The molecule has 4 nitrogen and oxygen atoms in total. The molecule has 0 unspecified atom stereocenters. The Morgan fingerprint density at radius 3 is 2.93 bits per heavy atom. The van der Waals surface area contributed by atoms with Gasteiger partial charge in [-0.15, -0.1) is 0 Å². The maximum Gasteiger partial charge on any atom is 0.336 e. The SMILES string of the molecule is C=C(C(=O)OC)[C@H](O)c1cccnc1. The van der Waals surface area contributed by atoms with Gasteiger partial charge in [-0.05, 0) is 6.07 Å². The molecule has 0 spiro atoms. The maximum atomic E-state index is 11.0. The van der Waals surface area contributed by atoms with Gasteiger partial charge in [-0.25, -0.2) is 4.79 Å². The summed E-state index contributed by atoms with van der Waals surface area (Å²) in [6.45, 7) is 3.45. The molecule has 0 saturated carbocycles. The summed E-state index contributed by atoms with van der Waals surface area (Å²) in [5.74, 6) is -0.624. The van der Waals surface area contributed by atoms with Crippen molar-refractivity contribution >= 4 is 5.97 Å². The number of pyridine rings is 1. The van der Waals surface area contributed by atoms with E-state index in [9.17, 15) is 9.90 Å². The van der Waals surface area contributed by atoms with E-state index < -0.39 is 12.1 Å². The molecule has 0 saturated heterocycles. The zero-order valence-corrected chi connectivity index (χ0v) is 7.80. The molecule has 4 heteroatoms. The third-order valence-electron chi connectivity index (χ3n) is 1.78. The van der Waals surface area contributed by atoms with Crippen molar-refractivity contribution < 1.29 is 14.6 Å². The van der Waals surface area contributed by atoms with Crippen LogP contribution in [-0.2, 0) is 9.53 Å². The largest absolute Gasteiger partial charge is 0.466 e. The fourth-order valence-electron chi connectivity index (χ4n) is 0.982. The van der Waals surface area contributed by atoms with Gasteiger partial charge in [-0.1, -0.05) is 12.6 Å². The number of carbonyl (C=O) groups excluding carboxylic acids is 1. The predicted molar refractivity (Wildman–Crippen MR) is 50.4 cm³/mol. The molecule has 1 heterocycles. The highest BCUT2D eigenvalue weighted by Crippen LogP contribution is 2.19. The van der Waals surface area contributed by atoms with Crippen molar-refractivity contribution in [3.8, 4) is 0 Å². The Morgan fingerprint density at radius 1 is 1.71 bits per heavy atom. The minimum atomic E-state index is -1.06. The summed E-state index contributed by atoms with van der Waals surface area (Å²) < 4.78 is 4.44. The van der Waals surface area contributed by atoms with E-state index in [1.165, 1.54) is 13.3 Å². The van der Waals surface area contributed by atoms with Gasteiger partial charge in [0.2, 0.25) is 0 Å². The number of aliphatic hydroxyl groups is 1. The van der Waals surface area contributed by atoms with E-state index in [0.29, 0.717) is 5.56 Å². The molecule has 0 amide bonds. The number of aliphatic hydroxyl groups excluding tert-OH is 1. The number of hydrogen-bond donors (Lipinski definition) is 1. The van der Waals surface area contributed by atoms with E-state index in [2.05, 4.69) is 16.3 Å². The number of ether oxygens (including phenoxy) is 1. The van der Waals surface area contributed by atoms with Gasteiger partial charge in [-0.3, -0.25) is 4.98 Å². The van der Waals surface area contributed by atoms with Crippen molar-refractivity contribution in [2.75, 3.05) is 7.11 Å². The molecule has 1 aromatic heterocycles. The normalized spacial score (nSPS) is 11.9. The Hall–Kier alpha value is -1.68. The first-order valence-electron chi connectivity index (χ1n) is 4.02. The van der Waals surface area contributed by atoms with Crippen molar-refractivity contribution in [2.24, 2.45) is 0 Å². The van der Waals surface area contributed by atoms with Crippen molar-refractivity contribution in [3.63, 3.8) is 0 Å². The summed E-state index contributed by atoms with van der Waals surface area (Å²) in [7, 11) is 1.24. The first-order valence-corrected chi connectivity index (χ1v) is 4.02. The summed E-state index contributed by atoms with van der Waals surface area (Å²) in [4.78, 5) is 14.8. The lowest BCUT2D eigenvalue weighted by Gasteiger charge is -2.11. The van der Waals surface area contributed by atoms with Gasteiger partial charge in [0, 0.05) is 18.0 Å². The number of hydrogen-bond acceptors (Lipinski definition) is 4. The van der Waals surface area contributed by atoms with Crippen LogP contribution in [0.25, 0.3) is 0 Å². The second-order valence-corrected chi connectivity index (χ2v) is 2.71. The van der Waals surface area contributed by atoms with Crippen LogP contribution in [0, 0.1) is 0 Å². The van der Waals surface area contributed by atoms with Gasteiger partial charge < -0.3 is 9.84 Å². The van der Waals surface area contributed by atoms with E-state index in [1.54, 1.807) is 18.3 Å². The average Bonchev–Trinajstić information content (AvgIpc) is 2.27. The van der Waals surface area contributed by atoms with Crippen molar-refractivity contribution in [1.82, 2.24) is 4.98 Å². The fourth-order valence-corrected chi connectivity index (χ4v) is 0.982. The molecule has 1 atom stereocenters. The smallest absolute Gasteiger partial charge is 0.336 e. The summed E-state index contributed by atoms with van der Waals surface area (Å²) in [6, 6.07) is 3.33. The number of carbonyl (C=O) groups is 1. The Kier molecular flexibility index (Phi) is 3.36. The molecule has 14 heavy (non-hydrogen) atoms. The number of methoxy groups -OCH3 is 1. The molecule has 1 N–H and O–H groups in total. The van der Waals surface area contributed by atoms with Crippen LogP contribution in [0.2, 0.25) is 0 Å². The highest BCUT2D eigenvalue weighted by molar-refractivity contribution is 5.88. The Balaban J connectivity index is 2.81. The van der Waals surface area contributed by atoms with Crippen LogP contribution in [-0.4, -0.2) is 23.2 Å².